The number of anilines is 1. The molecule has 22 heavy (non-hydrogen) atoms. The van der Waals surface area contributed by atoms with E-state index in [-0.39, 0.29) is 24.1 Å². The lowest BCUT2D eigenvalue weighted by Crippen LogP contribution is -2.37. The molecule has 2 rings (SSSR count). The second-order valence-corrected chi connectivity index (χ2v) is 5.69. The van der Waals surface area contributed by atoms with Gasteiger partial charge in [0.25, 0.3) is 0 Å². The molecule has 1 amide bonds. The van der Waals surface area contributed by atoms with Gasteiger partial charge < -0.3 is 16.0 Å². The van der Waals surface area contributed by atoms with Crippen molar-refractivity contribution in [1.82, 2.24) is 4.90 Å². The van der Waals surface area contributed by atoms with E-state index in [2.05, 4.69) is 10.2 Å². The third-order valence-electron chi connectivity index (χ3n) is 3.94. The van der Waals surface area contributed by atoms with E-state index in [1.54, 1.807) is 12.1 Å². The molecule has 0 spiro atoms. The zero-order valence-corrected chi connectivity index (χ0v) is 13.6. The molecule has 124 valence electrons. The second kappa shape index (κ2) is 9.77. The van der Waals surface area contributed by atoms with Crippen molar-refractivity contribution in [3.63, 3.8) is 0 Å². The van der Waals surface area contributed by atoms with Crippen LogP contribution in [0.1, 0.15) is 25.7 Å². The molecule has 6 heteroatoms. The molecule has 1 atom stereocenters. The summed E-state index contributed by atoms with van der Waals surface area (Å²) in [5.74, 6) is 0.255. The first kappa shape index (κ1) is 18.9. The third kappa shape index (κ3) is 6.30. The number of nitrogens with zero attached hydrogens (tertiary/aromatic N) is 1. The maximum atomic E-state index is 13.0. The summed E-state index contributed by atoms with van der Waals surface area (Å²) in [5, 5.41) is 2.73. The van der Waals surface area contributed by atoms with Gasteiger partial charge in [-0.05, 0) is 56.5 Å². The number of carbonyl (C=O) groups excluding carboxylic acids is 1. The highest BCUT2D eigenvalue weighted by Gasteiger charge is 2.19. The Morgan fingerprint density at radius 3 is 3.00 bits per heavy atom. The first-order valence-corrected chi connectivity index (χ1v) is 7.65. The molecular weight excluding hydrogens is 305 g/mol. The summed E-state index contributed by atoms with van der Waals surface area (Å²) in [6.45, 7) is 3.57. The number of rotatable bonds is 6. The molecule has 1 fully saturated rings. The van der Waals surface area contributed by atoms with E-state index in [1.165, 1.54) is 25.0 Å². The summed E-state index contributed by atoms with van der Waals surface area (Å²) in [6, 6.07) is 5.98. The van der Waals surface area contributed by atoms with Crippen LogP contribution in [0.4, 0.5) is 10.1 Å². The largest absolute Gasteiger partial charge is 0.330 e. The van der Waals surface area contributed by atoms with Gasteiger partial charge in [0, 0.05) is 25.2 Å². The van der Waals surface area contributed by atoms with Crippen molar-refractivity contribution >= 4 is 24.0 Å². The Labute approximate surface area is 137 Å². The topological polar surface area (TPSA) is 58.4 Å². The molecule has 0 bridgehead atoms. The van der Waals surface area contributed by atoms with Gasteiger partial charge >= 0.3 is 0 Å². The average molecular weight is 330 g/mol. The van der Waals surface area contributed by atoms with Crippen LogP contribution in [0.15, 0.2) is 24.3 Å². The van der Waals surface area contributed by atoms with Crippen LogP contribution < -0.4 is 11.1 Å². The van der Waals surface area contributed by atoms with E-state index >= 15 is 0 Å². The molecule has 3 N–H and O–H groups in total. The van der Waals surface area contributed by atoms with Gasteiger partial charge in [-0.2, -0.15) is 0 Å². The standard InChI is InChI=1S/C16H24FN3O.ClH/c17-14-4-1-5-15(11-14)19-16(21)7-10-20-9-2-3-13(12-20)6-8-18;/h1,4-5,11,13H,2-3,6-10,12,18H2,(H,19,21);1H. The second-order valence-electron chi connectivity index (χ2n) is 5.69. The van der Waals surface area contributed by atoms with Crippen molar-refractivity contribution < 1.29 is 9.18 Å². The van der Waals surface area contributed by atoms with Gasteiger partial charge in [-0.25, -0.2) is 4.39 Å². The zero-order chi connectivity index (χ0) is 15.1. The monoisotopic (exact) mass is 329 g/mol. The van der Waals surface area contributed by atoms with Gasteiger partial charge in [-0.1, -0.05) is 6.07 Å². The molecule has 0 aliphatic carbocycles. The van der Waals surface area contributed by atoms with Crippen molar-refractivity contribution in [1.29, 1.82) is 0 Å². The van der Waals surface area contributed by atoms with Crippen LogP contribution in [-0.4, -0.2) is 37.0 Å². The molecule has 1 aliphatic heterocycles. The number of nitrogens with one attached hydrogen (secondary N) is 1. The summed E-state index contributed by atoms with van der Waals surface area (Å²) in [5.41, 5.74) is 6.13. The van der Waals surface area contributed by atoms with Crippen LogP contribution in [0.3, 0.4) is 0 Å². The lowest BCUT2D eigenvalue weighted by atomic mass is 9.95. The Hall–Kier alpha value is -1.17. The number of amides is 1. The molecule has 1 aromatic carbocycles. The summed E-state index contributed by atoms with van der Waals surface area (Å²) < 4.78 is 13.0. The normalized spacial score (nSPS) is 18.5. The van der Waals surface area contributed by atoms with Crippen molar-refractivity contribution in [2.24, 2.45) is 11.7 Å². The number of halogens is 2. The average Bonchev–Trinajstić information content (AvgIpc) is 2.46. The molecule has 0 saturated carbocycles. The highest BCUT2D eigenvalue weighted by atomic mass is 35.5. The van der Waals surface area contributed by atoms with Crippen molar-refractivity contribution in [3.8, 4) is 0 Å². The third-order valence-corrected chi connectivity index (χ3v) is 3.94. The molecule has 0 aromatic heterocycles. The molecule has 4 nitrogen and oxygen atoms in total. The predicted octanol–water partition coefficient (Wildman–Crippen LogP) is 2.64. The first-order chi connectivity index (χ1) is 10.2. The molecule has 0 radical (unpaired) electrons. The van der Waals surface area contributed by atoms with Crippen molar-refractivity contribution in [3.05, 3.63) is 30.1 Å². The number of hydrogen-bond donors (Lipinski definition) is 2. The Bertz CT molecular complexity index is 470. The molecule has 1 aromatic rings. The Balaban J connectivity index is 0.00000242. The fourth-order valence-corrected chi connectivity index (χ4v) is 2.88. The van der Waals surface area contributed by atoms with E-state index in [0.29, 0.717) is 18.0 Å². The summed E-state index contributed by atoms with van der Waals surface area (Å²) in [4.78, 5) is 14.2. The molecular formula is C16H25ClFN3O. The molecule has 1 unspecified atom stereocenters. The van der Waals surface area contributed by atoms with Gasteiger partial charge in [0.1, 0.15) is 5.82 Å². The van der Waals surface area contributed by atoms with Crippen LogP contribution in [-0.2, 0) is 4.79 Å². The maximum absolute atomic E-state index is 13.0. The number of carbonyl (C=O) groups is 1. The fraction of sp³-hybridized carbons (Fsp3) is 0.562. The molecule has 1 heterocycles. The number of benzene rings is 1. The minimum atomic E-state index is -0.339. The highest BCUT2D eigenvalue weighted by Crippen LogP contribution is 2.19. The van der Waals surface area contributed by atoms with Gasteiger partial charge in [-0.15, -0.1) is 12.4 Å². The quantitative estimate of drug-likeness (QED) is 0.843. The van der Waals surface area contributed by atoms with Crippen molar-refractivity contribution in [2.75, 3.05) is 31.5 Å². The minimum absolute atomic E-state index is 0. The van der Waals surface area contributed by atoms with E-state index in [0.717, 1.165) is 32.6 Å². The SMILES string of the molecule is Cl.NCCC1CCCN(CCC(=O)Nc2cccc(F)c2)C1. The number of hydrogen-bond acceptors (Lipinski definition) is 3. The lowest BCUT2D eigenvalue weighted by Gasteiger charge is -2.32. The van der Waals surface area contributed by atoms with Crippen LogP contribution in [0, 0.1) is 11.7 Å². The predicted molar refractivity (Wildman–Crippen MR) is 89.7 cm³/mol. The fourth-order valence-electron chi connectivity index (χ4n) is 2.88. The van der Waals surface area contributed by atoms with Crippen LogP contribution in [0.5, 0.6) is 0 Å². The lowest BCUT2D eigenvalue weighted by molar-refractivity contribution is -0.116. The summed E-state index contributed by atoms with van der Waals surface area (Å²) in [6.07, 6.45) is 3.91. The highest BCUT2D eigenvalue weighted by molar-refractivity contribution is 5.90. The minimum Gasteiger partial charge on any atom is -0.330 e. The maximum Gasteiger partial charge on any atom is 0.225 e. The van der Waals surface area contributed by atoms with E-state index in [9.17, 15) is 9.18 Å². The first-order valence-electron chi connectivity index (χ1n) is 7.65. The summed E-state index contributed by atoms with van der Waals surface area (Å²) >= 11 is 0. The van der Waals surface area contributed by atoms with Crippen LogP contribution >= 0.6 is 12.4 Å². The van der Waals surface area contributed by atoms with E-state index in [4.69, 9.17) is 5.73 Å². The van der Waals surface area contributed by atoms with Gasteiger partial charge in [-0.3, -0.25) is 4.79 Å². The van der Waals surface area contributed by atoms with Crippen LogP contribution in [0.2, 0.25) is 0 Å². The Kier molecular flexibility index (Phi) is 8.38. The Morgan fingerprint density at radius 1 is 1.45 bits per heavy atom. The Morgan fingerprint density at radius 2 is 2.27 bits per heavy atom. The molecule has 1 aliphatic rings. The molecule has 1 saturated heterocycles. The van der Waals surface area contributed by atoms with E-state index < -0.39 is 0 Å². The smallest absolute Gasteiger partial charge is 0.225 e. The van der Waals surface area contributed by atoms with Gasteiger partial charge in [0.05, 0.1) is 0 Å². The van der Waals surface area contributed by atoms with Crippen LogP contribution in [0.25, 0.3) is 0 Å². The zero-order valence-electron chi connectivity index (χ0n) is 12.8. The van der Waals surface area contributed by atoms with E-state index in [1.807, 2.05) is 0 Å². The number of nitrogens with two attached hydrogens (primary N) is 1. The van der Waals surface area contributed by atoms with Crippen molar-refractivity contribution in [2.45, 2.75) is 25.7 Å². The number of piperidine rings is 1. The number of likely N-dealkylation sites (tertiary alicyclic amines) is 1. The summed E-state index contributed by atoms with van der Waals surface area (Å²) in [7, 11) is 0. The van der Waals surface area contributed by atoms with Gasteiger partial charge in [0.2, 0.25) is 5.91 Å². The van der Waals surface area contributed by atoms with Gasteiger partial charge in [0.15, 0.2) is 0 Å².